The van der Waals surface area contributed by atoms with Crippen molar-refractivity contribution in [2.45, 2.75) is 32.7 Å². The molecule has 1 aliphatic rings. The minimum atomic E-state index is -0.765. The Bertz CT molecular complexity index is 1300. The zero-order chi connectivity index (χ0) is 25.7. The molecule has 8 heteroatoms. The van der Waals surface area contributed by atoms with E-state index in [0.717, 1.165) is 29.7 Å². The monoisotopic (exact) mass is 504 g/mol. The van der Waals surface area contributed by atoms with Crippen LogP contribution in [0.5, 0.6) is 0 Å². The second-order valence-corrected chi connectivity index (χ2v) is 8.94. The number of nitrogens with one attached hydrogen (secondary N) is 1. The molecule has 0 radical (unpaired) electrons. The van der Waals surface area contributed by atoms with Crippen molar-refractivity contribution in [2.75, 3.05) is 11.9 Å². The Balaban J connectivity index is 1.34. The molecule has 0 spiro atoms. The lowest BCUT2D eigenvalue weighted by Crippen LogP contribution is -2.29. The molecule has 0 fully saturated rings. The van der Waals surface area contributed by atoms with Gasteiger partial charge in [0.05, 0.1) is 23.2 Å². The molecule has 1 N–H and O–H groups in total. The van der Waals surface area contributed by atoms with Gasteiger partial charge in [0.15, 0.2) is 6.61 Å². The Morgan fingerprint density at radius 2 is 1.56 bits per heavy atom. The minimum absolute atomic E-state index is 0.0799. The van der Waals surface area contributed by atoms with Crippen LogP contribution in [0.3, 0.4) is 0 Å². The van der Waals surface area contributed by atoms with E-state index >= 15 is 0 Å². The molecule has 1 aliphatic heterocycles. The van der Waals surface area contributed by atoms with E-state index in [9.17, 15) is 19.2 Å². The number of nitrogens with zero attached hydrogens (tertiary/aromatic N) is 1. The first-order valence-electron chi connectivity index (χ1n) is 11.7. The summed E-state index contributed by atoms with van der Waals surface area (Å²) in [5.41, 5.74) is 2.96. The third-order valence-corrected chi connectivity index (χ3v) is 6.10. The topological polar surface area (TPSA) is 92.8 Å². The zero-order valence-electron chi connectivity index (χ0n) is 19.8. The molecule has 0 aromatic heterocycles. The molecule has 3 aromatic carbocycles. The predicted octanol–water partition coefficient (Wildman–Crippen LogP) is 5.27. The fraction of sp³-hybridized carbons (Fsp3) is 0.214. The molecule has 1 heterocycles. The van der Waals surface area contributed by atoms with Crippen molar-refractivity contribution >= 4 is 41.0 Å². The van der Waals surface area contributed by atoms with Crippen LogP contribution in [0.2, 0.25) is 5.02 Å². The van der Waals surface area contributed by atoms with Gasteiger partial charge in [-0.25, -0.2) is 4.79 Å². The second kappa shape index (κ2) is 11.2. The number of carbonyl (C=O) groups is 4. The Labute approximate surface area is 214 Å². The van der Waals surface area contributed by atoms with Crippen LogP contribution in [0, 0.1) is 0 Å². The highest BCUT2D eigenvalue weighted by molar-refractivity contribution is 6.30. The molecule has 0 aliphatic carbocycles. The Hall–Kier alpha value is -3.97. The van der Waals surface area contributed by atoms with Gasteiger partial charge in [0, 0.05) is 10.7 Å². The van der Waals surface area contributed by atoms with Gasteiger partial charge < -0.3 is 10.1 Å². The molecule has 0 saturated heterocycles. The van der Waals surface area contributed by atoms with E-state index in [0.29, 0.717) is 10.7 Å². The van der Waals surface area contributed by atoms with Crippen molar-refractivity contribution in [2.24, 2.45) is 0 Å². The van der Waals surface area contributed by atoms with Gasteiger partial charge in [-0.15, -0.1) is 0 Å². The summed E-state index contributed by atoms with van der Waals surface area (Å²) in [6, 6.07) is 18.5. The number of halogens is 1. The molecule has 4 rings (SSSR count). The molecule has 3 aromatic rings. The standard InChI is InChI=1S/C28H25ClN2O5/c1-2-3-4-18-7-12-22(13-8-18)30-25(32)17-36-28(35)20-9-14-23-24(15-20)27(34)31(26(23)33)16-19-5-10-21(29)11-6-19/h5-15H,2-4,16-17H2,1H3,(H,30,32). The third-order valence-electron chi connectivity index (χ3n) is 5.85. The Morgan fingerprint density at radius 3 is 2.25 bits per heavy atom. The van der Waals surface area contributed by atoms with Crippen molar-refractivity contribution in [1.29, 1.82) is 0 Å². The van der Waals surface area contributed by atoms with E-state index in [2.05, 4.69) is 12.2 Å². The summed E-state index contributed by atoms with van der Waals surface area (Å²) in [5, 5.41) is 3.24. The van der Waals surface area contributed by atoms with Crippen LogP contribution in [0.1, 0.15) is 62.0 Å². The summed E-state index contributed by atoms with van der Waals surface area (Å²) in [5.74, 6) is -2.19. The average Bonchev–Trinajstić information content (AvgIpc) is 3.12. The molecule has 0 bridgehead atoms. The van der Waals surface area contributed by atoms with Crippen LogP contribution in [-0.4, -0.2) is 35.2 Å². The van der Waals surface area contributed by atoms with Crippen LogP contribution < -0.4 is 5.32 Å². The van der Waals surface area contributed by atoms with Crippen LogP contribution in [0.25, 0.3) is 0 Å². The summed E-state index contributed by atoms with van der Waals surface area (Å²) in [6.07, 6.45) is 3.20. The largest absolute Gasteiger partial charge is 0.452 e. The van der Waals surface area contributed by atoms with Crippen molar-refractivity contribution in [1.82, 2.24) is 4.90 Å². The van der Waals surface area contributed by atoms with Crippen molar-refractivity contribution in [3.63, 3.8) is 0 Å². The highest BCUT2D eigenvalue weighted by Gasteiger charge is 2.36. The second-order valence-electron chi connectivity index (χ2n) is 8.51. The van der Waals surface area contributed by atoms with Gasteiger partial charge in [-0.3, -0.25) is 19.3 Å². The lowest BCUT2D eigenvalue weighted by atomic mass is 10.1. The Kier molecular flexibility index (Phi) is 7.80. The SMILES string of the molecule is CCCCc1ccc(NC(=O)COC(=O)c2ccc3c(c2)C(=O)N(Cc2ccc(Cl)cc2)C3=O)cc1. The summed E-state index contributed by atoms with van der Waals surface area (Å²) in [7, 11) is 0. The maximum absolute atomic E-state index is 12.9. The van der Waals surface area contributed by atoms with Crippen molar-refractivity contribution in [3.05, 3.63) is 99.6 Å². The van der Waals surface area contributed by atoms with Gasteiger partial charge in [0.25, 0.3) is 17.7 Å². The summed E-state index contributed by atoms with van der Waals surface area (Å²) < 4.78 is 5.12. The first-order chi connectivity index (χ1) is 17.4. The van der Waals surface area contributed by atoms with E-state index in [1.165, 1.54) is 23.8 Å². The number of unbranched alkanes of at least 4 members (excludes halogenated alkanes) is 1. The molecule has 7 nitrogen and oxygen atoms in total. The van der Waals surface area contributed by atoms with Gasteiger partial charge in [-0.05, 0) is 66.4 Å². The average molecular weight is 505 g/mol. The first-order valence-corrected chi connectivity index (χ1v) is 12.0. The Morgan fingerprint density at radius 1 is 0.889 bits per heavy atom. The van der Waals surface area contributed by atoms with Crippen LogP contribution in [-0.2, 0) is 22.5 Å². The number of esters is 1. The number of imide groups is 1. The third kappa shape index (κ3) is 5.80. The highest BCUT2D eigenvalue weighted by Crippen LogP contribution is 2.26. The number of anilines is 1. The molecule has 184 valence electrons. The number of aryl methyl sites for hydroxylation is 1. The molecular weight excluding hydrogens is 480 g/mol. The number of fused-ring (bicyclic) bond motifs is 1. The number of amides is 3. The van der Waals surface area contributed by atoms with Crippen LogP contribution in [0.4, 0.5) is 5.69 Å². The van der Waals surface area contributed by atoms with Crippen molar-refractivity contribution in [3.8, 4) is 0 Å². The molecule has 3 amide bonds. The van der Waals surface area contributed by atoms with Crippen molar-refractivity contribution < 1.29 is 23.9 Å². The van der Waals surface area contributed by atoms with Crippen LogP contribution in [0.15, 0.2) is 66.7 Å². The maximum Gasteiger partial charge on any atom is 0.338 e. The normalized spacial score (nSPS) is 12.4. The van der Waals surface area contributed by atoms with Gasteiger partial charge in [-0.1, -0.05) is 49.2 Å². The number of hydrogen-bond acceptors (Lipinski definition) is 5. The molecular formula is C28H25ClN2O5. The van der Waals surface area contributed by atoms with Crippen LogP contribution >= 0.6 is 11.6 Å². The summed E-state index contributed by atoms with van der Waals surface area (Å²) >= 11 is 5.90. The van der Waals surface area contributed by atoms with E-state index in [1.54, 1.807) is 24.3 Å². The minimum Gasteiger partial charge on any atom is -0.452 e. The van der Waals surface area contributed by atoms with E-state index in [-0.39, 0.29) is 23.2 Å². The van der Waals surface area contributed by atoms with Gasteiger partial charge in [0.1, 0.15) is 0 Å². The summed E-state index contributed by atoms with van der Waals surface area (Å²) in [4.78, 5) is 51.5. The van der Waals surface area contributed by atoms with Gasteiger partial charge in [-0.2, -0.15) is 0 Å². The smallest absolute Gasteiger partial charge is 0.338 e. The van der Waals surface area contributed by atoms with E-state index in [1.807, 2.05) is 24.3 Å². The summed E-state index contributed by atoms with van der Waals surface area (Å²) in [6.45, 7) is 1.74. The molecule has 0 atom stereocenters. The predicted molar refractivity (Wildman–Crippen MR) is 136 cm³/mol. The maximum atomic E-state index is 12.9. The fourth-order valence-electron chi connectivity index (χ4n) is 3.88. The highest BCUT2D eigenvalue weighted by atomic mass is 35.5. The fourth-order valence-corrected chi connectivity index (χ4v) is 4.01. The van der Waals surface area contributed by atoms with Gasteiger partial charge >= 0.3 is 5.97 Å². The zero-order valence-corrected chi connectivity index (χ0v) is 20.5. The number of benzene rings is 3. The van der Waals surface area contributed by atoms with E-state index in [4.69, 9.17) is 16.3 Å². The molecule has 0 unspecified atom stereocenters. The number of carbonyl (C=O) groups excluding carboxylic acids is 4. The molecule has 36 heavy (non-hydrogen) atoms. The number of rotatable bonds is 9. The number of hydrogen-bond donors (Lipinski definition) is 1. The molecule has 0 saturated carbocycles. The van der Waals surface area contributed by atoms with E-state index < -0.39 is 30.3 Å². The quantitative estimate of drug-likeness (QED) is 0.316. The van der Waals surface area contributed by atoms with Gasteiger partial charge in [0.2, 0.25) is 0 Å². The lowest BCUT2D eigenvalue weighted by Gasteiger charge is -2.13. The number of ether oxygens (including phenoxy) is 1. The first kappa shape index (κ1) is 25.1. The lowest BCUT2D eigenvalue weighted by molar-refractivity contribution is -0.119.